The van der Waals surface area contributed by atoms with Gasteiger partial charge in [0, 0.05) is 61.1 Å². The van der Waals surface area contributed by atoms with E-state index in [4.69, 9.17) is 9.97 Å². The Hall–Kier alpha value is -8.17. The Labute approximate surface area is 394 Å². The predicted octanol–water partition coefficient (Wildman–Crippen LogP) is 12.3. The van der Waals surface area contributed by atoms with Gasteiger partial charge in [-0.15, -0.1) is 0 Å². The van der Waals surface area contributed by atoms with Crippen LogP contribution in [0, 0.1) is 11.6 Å². The smallest absolute Gasteiger partial charge is 0.198 e. The van der Waals surface area contributed by atoms with Crippen LogP contribution in [0.3, 0.4) is 0 Å². The first-order valence-corrected chi connectivity index (χ1v) is 23.3. The average Bonchev–Trinajstić information content (AvgIpc) is 3.40. The molecule has 332 valence electrons. The van der Waals surface area contributed by atoms with Crippen molar-refractivity contribution < 1.29 is 13.6 Å². The molecular formula is C59H46F2N6O. The summed E-state index contributed by atoms with van der Waals surface area (Å²) in [5, 5.41) is 0. The number of carbonyl (C=O) groups is 1. The maximum atomic E-state index is 17.2. The van der Waals surface area contributed by atoms with Gasteiger partial charge in [-0.3, -0.25) is 4.79 Å². The molecule has 0 saturated heterocycles. The molecule has 6 heterocycles. The van der Waals surface area contributed by atoms with Crippen LogP contribution in [0.2, 0.25) is 0 Å². The minimum absolute atomic E-state index is 0.143. The number of halogens is 2. The molecule has 0 aliphatic carbocycles. The Kier molecular flexibility index (Phi) is 10.5. The van der Waals surface area contributed by atoms with Crippen molar-refractivity contribution in [2.45, 2.75) is 38.0 Å². The molecule has 0 N–H and O–H groups in total. The molecule has 6 aromatic carbocycles. The first-order valence-electron chi connectivity index (χ1n) is 23.3. The van der Waals surface area contributed by atoms with E-state index in [0.29, 0.717) is 60.1 Å². The lowest BCUT2D eigenvalue weighted by Gasteiger charge is -2.47. The van der Waals surface area contributed by atoms with Crippen LogP contribution in [0.25, 0.3) is 11.1 Å². The third-order valence-corrected chi connectivity index (χ3v) is 14.0. The van der Waals surface area contributed by atoms with Crippen LogP contribution in [-0.4, -0.2) is 38.6 Å². The third kappa shape index (κ3) is 7.13. The summed E-state index contributed by atoms with van der Waals surface area (Å²) in [5.74, 6) is 0.377. The van der Waals surface area contributed by atoms with Gasteiger partial charge in [0.05, 0.1) is 22.5 Å². The number of hydrogen-bond acceptors (Lipinski definition) is 7. The number of Topliss-reactive ketones (excluding diaryl/α,β-unsaturated/α-hetero) is 1. The maximum absolute atomic E-state index is 17.2. The Bertz CT molecular complexity index is 3050. The standard InChI is InChI=1S/C59H46F2N6O/c60-45-23-27-47(28-24-45)66-53(41-15-3-1-4-16-41)55(64-35-31-39-13-7-9-19-43(39)37-64)51(49-21-11-33-62-58(49)66)57(68)52-50-22-12-34-63-59(50)67(48-29-25-46(61)26-30-48)54(42-17-5-2-6-18-42)56(52)65-36-32-40-14-8-10-20-44(40)38-65/h1-30,33-34,53-54H,31-32,35-38H2. The van der Waals surface area contributed by atoms with E-state index in [1.54, 1.807) is 36.7 Å². The number of benzene rings is 6. The van der Waals surface area contributed by atoms with Crippen LogP contribution >= 0.6 is 0 Å². The summed E-state index contributed by atoms with van der Waals surface area (Å²) in [6.45, 7) is 2.49. The molecule has 0 spiro atoms. The monoisotopic (exact) mass is 892 g/mol. The lowest BCUT2D eigenvalue weighted by atomic mass is 9.79. The van der Waals surface area contributed by atoms with Gasteiger partial charge < -0.3 is 19.6 Å². The fourth-order valence-corrected chi connectivity index (χ4v) is 10.9. The topological polar surface area (TPSA) is 55.8 Å². The number of nitrogens with zero attached hydrogens (tertiary/aromatic N) is 6. The Morgan fingerprint density at radius 1 is 0.441 bits per heavy atom. The normalized spacial score (nSPS) is 17.6. The molecule has 12 rings (SSSR count). The Morgan fingerprint density at radius 2 is 0.824 bits per heavy atom. The Balaban J connectivity index is 1.18. The first-order chi connectivity index (χ1) is 33.5. The minimum atomic E-state index is -0.545. The average molecular weight is 893 g/mol. The number of allylic oxidation sites excluding steroid dienone is 2. The van der Waals surface area contributed by atoms with E-state index in [0.717, 1.165) is 46.7 Å². The number of pyridine rings is 2. The molecule has 4 aliphatic heterocycles. The van der Waals surface area contributed by atoms with Crippen molar-refractivity contribution in [1.82, 2.24) is 19.8 Å². The van der Waals surface area contributed by atoms with Crippen LogP contribution in [0.1, 0.15) is 56.6 Å². The molecule has 68 heavy (non-hydrogen) atoms. The van der Waals surface area contributed by atoms with Crippen molar-refractivity contribution in [3.63, 3.8) is 0 Å². The number of fused-ring (bicyclic) bond motifs is 4. The molecule has 2 unspecified atom stereocenters. The van der Waals surface area contributed by atoms with Crippen molar-refractivity contribution >= 4 is 39.9 Å². The largest absolute Gasteiger partial charge is 0.368 e. The van der Waals surface area contributed by atoms with Gasteiger partial charge in [-0.2, -0.15) is 0 Å². The fraction of sp³-hybridized carbons (Fsp3) is 0.136. The zero-order valence-corrected chi connectivity index (χ0v) is 37.2. The van der Waals surface area contributed by atoms with Crippen LogP contribution in [0.15, 0.2) is 206 Å². The SMILES string of the molecule is O=C(C1=C(N2CCc3ccccc3C2)C(c2ccccc2)N(c2ccc(F)cc2)c2ncccc21)C1=C(N2CCc3ccccc3C2)C(c2ccccc2)N(c2ccc(F)cc2)c2ncccc21. The van der Waals surface area contributed by atoms with E-state index in [9.17, 15) is 8.78 Å². The summed E-state index contributed by atoms with van der Waals surface area (Å²) in [6, 6.07) is 57.5. The molecule has 0 radical (unpaired) electrons. The zero-order valence-electron chi connectivity index (χ0n) is 37.2. The van der Waals surface area contributed by atoms with E-state index < -0.39 is 12.1 Å². The highest BCUT2D eigenvalue weighted by atomic mass is 19.1. The lowest BCUT2D eigenvalue weighted by Crippen LogP contribution is -2.43. The fourth-order valence-electron chi connectivity index (χ4n) is 10.9. The molecular weight excluding hydrogens is 847 g/mol. The van der Waals surface area contributed by atoms with Crippen LogP contribution in [0.5, 0.6) is 0 Å². The highest BCUT2D eigenvalue weighted by Gasteiger charge is 2.47. The van der Waals surface area contributed by atoms with E-state index in [-0.39, 0.29) is 17.4 Å². The quantitative estimate of drug-likeness (QED) is 0.151. The van der Waals surface area contributed by atoms with Crippen molar-refractivity contribution in [3.05, 3.63) is 262 Å². The van der Waals surface area contributed by atoms with Gasteiger partial charge in [0.15, 0.2) is 5.78 Å². The summed E-state index contributed by atoms with van der Waals surface area (Å²) >= 11 is 0. The third-order valence-electron chi connectivity index (χ3n) is 14.0. The number of hydrogen-bond donors (Lipinski definition) is 0. The molecule has 2 atom stereocenters. The van der Waals surface area contributed by atoms with Crippen molar-refractivity contribution in [3.8, 4) is 0 Å². The molecule has 9 heteroatoms. The summed E-state index contributed by atoms with van der Waals surface area (Å²) in [4.78, 5) is 36.6. The second-order valence-electron chi connectivity index (χ2n) is 17.8. The lowest BCUT2D eigenvalue weighted by molar-refractivity contribution is -0.109. The number of ketones is 1. The summed E-state index contributed by atoms with van der Waals surface area (Å²) in [5.41, 5.74) is 12.6. The predicted molar refractivity (Wildman–Crippen MR) is 264 cm³/mol. The summed E-state index contributed by atoms with van der Waals surface area (Å²) < 4.78 is 29.6. The van der Waals surface area contributed by atoms with E-state index in [1.165, 1.54) is 46.5 Å². The molecule has 4 aliphatic rings. The van der Waals surface area contributed by atoms with Gasteiger partial charge in [0.2, 0.25) is 0 Å². The Morgan fingerprint density at radius 3 is 1.24 bits per heavy atom. The molecule has 0 fully saturated rings. The molecule has 8 aromatic rings. The molecule has 0 bridgehead atoms. The zero-order chi connectivity index (χ0) is 45.7. The number of rotatable bonds is 8. The van der Waals surface area contributed by atoms with Gasteiger partial charge >= 0.3 is 0 Å². The summed E-state index contributed by atoms with van der Waals surface area (Å²) in [6.07, 6.45) is 5.11. The maximum Gasteiger partial charge on any atom is 0.198 e. The highest BCUT2D eigenvalue weighted by molar-refractivity contribution is 6.45. The molecule has 0 saturated carbocycles. The van der Waals surface area contributed by atoms with E-state index >= 15 is 4.79 Å². The second-order valence-corrected chi connectivity index (χ2v) is 17.8. The number of anilines is 4. The molecule has 2 aromatic heterocycles. The van der Waals surface area contributed by atoms with Gasteiger partial charge in [0.25, 0.3) is 0 Å². The van der Waals surface area contributed by atoms with Gasteiger partial charge in [-0.25, -0.2) is 18.7 Å². The van der Waals surface area contributed by atoms with E-state index in [1.807, 2.05) is 60.7 Å². The van der Waals surface area contributed by atoms with Crippen LogP contribution < -0.4 is 9.80 Å². The van der Waals surface area contributed by atoms with Crippen LogP contribution in [-0.2, 0) is 30.7 Å². The number of aromatic nitrogens is 2. The van der Waals surface area contributed by atoms with Crippen molar-refractivity contribution in [2.24, 2.45) is 0 Å². The minimum Gasteiger partial charge on any atom is -0.368 e. The van der Waals surface area contributed by atoms with Gasteiger partial charge in [-0.05, 0) is 119 Å². The molecule has 0 amide bonds. The molecule has 7 nitrogen and oxygen atoms in total. The van der Waals surface area contributed by atoms with Crippen molar-refractivity contribution in [1.29, 1.82) is 0 Å². The van der Waals surface area contributed by atoms with Crippen molar-refractivity contribution in [2.75, 3.05) is 22.9 Å². The van der Waals surface area contributed by atoms with E-state index in [2.05, 4.69) is 92.4 Å². The summed E-state index contributed by atoms with van der Waals surface area (Å²) in [7, 11) is 0. The van der Waals surface area contributed by atoms with Gasteiger partial charge in [0.1, 0.15) is 35.4 Å². The second kappa shape index (κ2) is 17.2. The van der Waals surface area contributed by atoms with Crippen LogP contribution in [0.4, 0.5) is 31.8 Å². The number of carbonyl (C=O) groups excluding carboxylic acids is 1. The first kappa shape index (κ1) is 41.3. The van der Waals surface area contributed by atoms with Gasteiger partial charge in [-0.1, -0.05) is 109 Å². The highest BCUT2D eigenvalue weighted by Crippen LogP contribution is 2.55.